The van der Waals surface area contributed by atoms with Crippen LogP contribution >= 0.6 is 0 Å². The van der Waals surface area contributed by atoms with E-state index in [0.717, 1.165) is 25.9 Å². The molecule has 3 heterocycles. The van der Waals surface area contributed by atoms with E-state index in [1.54, 1.807) is 35.1 Å². The molecule has 9 nitrogen and oxygen atoms in total. The Morgan fingerprint density at radius 3 is 2.39 bits per heavy atom. The van der Waals surface area contributed by atoms with E-state index in [1.807, 2.05) is 20.8 Å². The molecule has 1 fully saturated rings. The quantitative estimate of drug-likeness (QED) is 0.540. The summed E-state index contributed by atoms with van der Waals surface area (Å²) >= 11 is 0. The number of piperidine rings is 1. The Morgan fingerprint density at radius 1 is 1.12 bits per heavy atom. The Morgan fingerprint density at radius 2 is 1.79 bits per heavy atom. The molecule has 4 rings (SSSR count). The molecule has 33 heavy (non-hydrogen) atoms. The van der Waals surface area contributed by atoms with Gasteiger partial charge in [-0.1, -0.05) is 20.8 Å². The molecule has 1 saturated heterocycles. The lowest BCUT2D eigenvalue weighted by molar-refractivity contribution is -0.127. The number of ether oxygens (including phenoxy) is 1. The minimum atomic E-state index is -3.27. The molecule has 0 amide bonds. The van der Waals surface area contributed by atoms with Gasteiger partial charge in [0, 0.05) is 24.8 Å². The van der Waals surface area contributed by atoms with Crippen molar-refractivity contribution in [1.29, 1.82) is 0 Å². The number of fused-ring (bicyclic) bond motifs is 1. The van der Waals surface area contributed by atoms with Gasteiger partial charge in [-0.3, -0.25) is 9.69 Å². The molecule has 0 saturated carbocycles. The third kappa shape index (κ3) is 5.22. The number of nitrogens with zero attached hydrogens (tertiary/aromatic N) is 5. The average molecular weight is 472 g/mol. The fraction of sp³-hybridized carbons (Fsp3) is 0.478. The molecule has 176 valence electrons. The van der Waals surface area contributed by atoms with Gasteiger partial charge in [0.05, 0.1) is 23.3 Å². The number of likely N-dealkylation sites (tertiary alicyclic amines) is 1. The van der Waals surface area contributed by atoms with Crippen LogP contribution in [-0.2, 0) is 14.6 Å². The first-order valence-electron chi connectivity index (χ1n) is 10.9. The lowest BCUT2D eigenvalue weighted by Gasteiger charge is -2.32. The number of carbonyl (C=O) groups excluding carboxylic acids is 1. The zero-order valence-electron chi connectivity index (χ0n) is 19.4. The molecular weight excluding hydrogens is 442 g/mol. The molecule has 0 N–H and O–H groups in total. The fourth-order valence-corrected chi connectivity index (χ4v) is 4.35. The van der Waals surface area contributed by atoms with E-state index in [4.69, 9.17) is 4.74 Å². The lowest BCUT2D eigenvalue weighted by Crippen LogP contribution is -2.43. The number of carbonyl (C=O) groups is 1. The van der Waals surface area contributed by atoms with Gasteiger partial charge < -0.3 is 4.74 Å². The van der Waals surface area contributed by atoms with Gasteiger partial charge in [-0.15, -0.1) is 0 Å². The number of sulfone groups is 1. The van der Waals surface area contributed by atoms with E-state index in [9.17, 15) is 13.2 Å². The molecule has 1 aliphatic heterocycles. The highest BCUT2D eigenvalue weighted by atomic mass is 32.2. The average Bonchev–Trinajstić information content (AvgIpc) is 3.19. The molecule has 1 aromatic carbocycles. The zero-order valence-corrected chi connectivity index (χ0v) is 20.2. The number of Topliss-reactive ketones (excluding diaryl/α,β-unsaturated/α-hetero) is 1. The number of rotatable bonds is 6. The highest BCUT2D eigenvalue weighted by Crippen LogP contribution is 2.27. The minimum Gasteiger partial charge on any atom is -0.474 e. The first kappa shape index (κ1) is 23.3. The molecule has 2 aromatic heterocycles. The van der Waals surface area contributed by atoms with Crippen molar-refractivity contribution in [3.8, 4) is 11.6 Å². The third-order valence-electron chi connectivity index (χ3n) is 5.86. The predicted molar refractivity (Wildman–Crippen MR) is 124 cm³/mol. The summed E-state index contributed by atoms with van der Waals surface area (Å²) in [6.07, 6.45) is 5.90. The molecule has 0 atom stereocenters. The summed E-state index contributed by atoms with van der Waals surface area (Å²) in [4.78, 5) is 23.4. The predicted octanol–water partition coefficient (Wildman–Crippen LogP) is 2.68. The number of aromatic nitrogens is 4. The molecule has 3 aromatic rings. The van der Waals surface area contributed by atoms with Gasteiger partial charge in [0.25, 0.3) is 0 Å². The fourth-order valence-electron chi connectivity index (χ4n) is 3.72. The second kappa shape index (κ2) is 8.83. The van der Waals surface area contributed by atoms with Crippen molar-refractivity contribution < 1.29 is 17.9 Å². The highest BCUT2D eigenvalue weighted by Gasteiger charge is 2.27. The van der Waals surface area contributed by atoms with Crippen LogP contribution in [0.3, 0.4) is 0 Å². The van der Waals surface area contributed by atoms with E-state index in [1.165, 1.54) is 12.6 Å². The van der Waals surface area contributed by atoms with Crippen molar-refractivity contribution in [1.82, 2.24) is 24.6 Å². The van der Waals surface area contributed by atoms with Crippen LogP contribution in [-0.4, -0.2) is 70.8 Å². The van der Waals surface area contributed by atoms with Gasteiger partial charge >= 0.3 is 0 Å². The largest absolute Gasteiger partial charge is 0.474 e. The first-order valence-corrected chi connectivity index (χ1v) is 12.8. The van der Waals surface area contributed by atoms with Gasteiger partial charge in [-0.25, -0.2) is 23.1 Å². The Balaban J connectivity index is 1.46. The van der Waals surface area contributed by atoms with Crippen LogP contribution in [0.2, 0.25) is 0 Å². The molecule has 10 heteroatoms. The maximum Gasteiger partial charge on any atom is 0.228 e. The SMILES string of the molecule is CC(C)(C)C(=O)CN1CCC(Oc2ncnc3c2cnn3-c2ccc(S(C)(=O)=O)cc2)CC1. The van der Waals surface area contributed by atoms with Crippen LogP contribution in [0, 0.1) is 5.41 Å². The smallest absolute Gasteiger partial charge is 0.228 e. The molecule has 0 spiro atoms. The lowest BCUT2D eigenvalue weighted by atomic mass is 9.90. The number of benzene rings is 1. The second-order valence-corrected chi connectivity index (χ2v) is 11.5. The second-order valence-electron chi connectivity index (χ2n) is 9.51. The van der Waals surface area contributed by atoms with Crippen LogP contribution in [0.5, 0.6) is 5.88 Å². The van der Waals surface area contributed by atoms with E-state index in [-0.39, 0.29) is 22.2 Å². The molecule has 0 unspecified atom stereocenters. The topological polar surface area (TPSA) is 107 Å². The maximum atomic E-state index is 12.3. The zero-order chi connectivity index (χ0) is 23.8. The van der Waals surface area contributed by atoms with Crippen LogP contribution in [0.4, 0.5) is 0 Å². The monoisotopic (exact) mass is 471 g/mol. The Hall–Kier alpha value is -2.85. The van der Waals surface area contributed by atoms with Gasteiger partial charge in [-0.05, 0) is 37.1 Å². The highest BCUT2D eigenvalue weighted by molar-refractivity contribution is 7.90. The number of hydrogen-bond donors (Lipinski definition) is 0. The van der Waals surface area contributed by atoms with Gasteiger partial charge in [-0.2, -0.15) is 5.10 Å². The van der Waals surface area contributed by atoms with Crippen molar-refractivity contribution >= 4 is 26.7 Å². The Kier molecular flexibility index (Phi) is 6.24. The standard InChI is InChI=1S/C23H29N5O4S/c1-23(2,3)20(29)14-27-11-9-17(10-12-27)32-22-19-13-26-28(21(19)24-15-25-22)16-5-7-18(8-6-16)33(4,30)31/h5-8,13,15,17H,9-12,14H2,1-4H3. The minimum absolute atomic E-state index is 0.00137. The van der Waals surface area contributed by atoms with Crippen LogP contribution in [0.25, 0.3) is 16.7 Å². The van der Waals surface area contributed by atoms with E-state index in [2.05, 4.69) is 20.0 Å². The van der Waals surface area contributed by atoms with Gasteiger partial charge in [0.2, 0.25) is 5.88 Å². The maximum absolute atomic E-state index is 12.3. The normalized spacial score (nSPS) is 16.2. The van der Waals surface area contributed by atoms with Crippen molar-refractivity contribution in [2.45, 2.75) is 44.6 Å². The van der Waals surface area contributed by atoms with Gasteiger partial charge in [0.1, 0.15) is 17.8 Å². The Labute approximate surface area is 193 Å². The van der Waals surface area contributed by atoms with Crippen LogP contribution < -0.4 is 4.74 Å². The molecule has 1 aliphatic rings. The van der Waals surface area contributed by atoms with Crippen LogP contribution in [0.1, 0.15) is 33.6 Å². The van der Waals surface area contributed by atoms with E-state index < -0.39 is 9.84 Å². The van der Waals surface area contributed by atoms with Crippen molar-refractivity contribution in [3.05, 3.63) is 36.8 Å². The van der Waals surface area contributed by atoms with E-state index >= 15 is 0 Å². The summed E-state index contributed by atoms with van der Waals surface area (Å²) in [6, 6.07) is 6.49. The Bertz CT molecular complexity index is 1250. The number of ketones is 1. The number of hydrogen-bond acceptors (Lipinski definition) is 8. The summed E-state index contributed by atoms with van der Waals surface area (Å²) in [5, 5.41) is 5.11. The van der Waals surface area contributed by atoms with Gasteiger partial charge in [0.15, 0.2) is 21.3 Å². The van der Waals surface area contributed by atoms with E-state index in [0.29, 0.717) is 29.1 Å². The molecule has 0 bridgehead atoms. The van der Waals surface area contributed by atoms with Crippen molar-refractivity contribution in [3.63, 3.8) is 0 Å². The summed E-state index contributed by atoms with van der Waals surface area (Å²) < 4.78 is 31.3. The van der Waals surface area contributed by atoms with Crippen molar-refractivity contribution in [2.75, 3.05) is 25.9 Å². The summed E-state index contributed by atoms with van der Waals surface area (Å²) in [5.74, 6) is 0.722. The molecule has 0 radical (unpaired) electrons. The summed E-state index contributed by atoms with van der Waals surface area (Å²) in [5.41, 5.74) is 0.949. The first-order chi connectivity index (χ1) is 15.5. The molecular formula is C23H29N5O4S. The summed E-state index contributed by atoms with van der Waals surface area (Å²) in [6.45, 7) is 7.92. The third-order valence-corrected chi connectivity index (χ3v) is 6.98. The summed E-state index contributed by atoms with van der Waals surface area (Å²) in [7, 11) is -3.27. The molecule has 0 aliphatic carbocycles. The van der Waals surface area contributed by atoms with Crippen LogP contribution in [0.15, 0.2) is 41.7 Å². The van der Waals surface area contributed by atoms with Crippen molar-refractivity contribution in [2.24, 2.45) is 5.41 Å².